The summed E-state index contributed by atoms with van der Waals surface area (Å²) in [5, 5.41) is 8.90. The first-order valence-corrected chi connectivity index (χ1v) is 7.33. The van der Waals surface area contributed by atoms with Crippen molar-refractivity contribution in [3.8, 4) is 10.6 Å². The van der Waals surface area contributed by atoms with E-state index in [4.69, 9.17) is 4.42 Å². The van der Waals surface area contributed by atoms with Gasteiger partial charge < -0.3 is 4.42 Å². The van der Waals surface area contributed by atoms with Crippen molar-refractivity contribution in [3.63, 3.8) is 0 Å². The van der Waals surface area contributed by atoms with Gasteiger partial charge in [0.2, 0.25) is 5.89 Å². The second-order valence-corrected chi connectivity index (χ2v) is 5.64. The smallest absolute Gasteiger partial charge is 0.343 e. The average Bonchev–Trinajstić information content (AvgIpc) is 3.11. The summed E-state index contributed by atoms with van der Waals surface area (Å²) in [5.74, 6) is 1.91. The number of thiophene rings is 1. The second kappa shape index (κ2) is 5.06. The van der Waals surface area contributed by atoms with Gasteiger partial charge in [-0.05, 0) is 11.4 Å². The van der Waals surface area contributed by atoms with Crippen LogP contribution in [0.2, 0.25) is 0 Å². The Morgan fingerprint density at radius 2 is 2.47 bits per heavy atom. The molecule has 3 aromatic heterocycles. The Kier molecular flexibility index (Phi) is 3.26. The first-order valence-electron chi connectivity index (χ1n) is 5.47. The van der Waals surface area contributed by atoms with Crippen molar-refractivity contribution in [2.45, 2.75) is 10.9 Å². The number of oxazole rings is 1. The van der Waals surface area contributed by atoms with E-state index in [1.165, 1.54) is 16.3 Å². The number of hydrogen-bond acceptors (Lipinski definition) is 6. The lowest BCUT2D eigenvalue weighted by Crippen LogP contribution is -2.12. The Morgan fingerprint density at radius 3 is 3.16 bits per heavy atom. The maximum absolute atomic E-state index is 11.2. The first-order chi connectivity index (χ1) is 9.24. The summed E-state index contributed by atoms with van der Waals surface area (Å²) in [4.78, 5) is 16.5. The Morgan fingerprint density at radius 1 is 1.58 bits per heavy atom. The van der Waals surface area contributed by atoms with E-state index >= 15 is 0 Å². The summed E-state index contributed by atoms with van der Waals surface area (Å²) in [6.07, 6.45) is 1.71. The zero-order chi connectivity index (χ0) is 13.2. The van der Waals surface area contributed by atoms with Gasteiger partial charge in [0.1, 0.15) is 0 Å². The molecule has 8 heteroatoms. The monoisotopic (exact) mass is 294 g/mol. The fraction of sp³-hybridized carbons (Fsp3) is 0.182. The summed E-state index contributed by atoms with van der Waals surface area (Å²) in [5.41, 5.74) is -0.228. The molecule has 0 bridgehead atoms. The van der Waals surface area contributed by atoms with Crippen LogP contribution in [-0.4, -0.2) is 19.7 Å². The fourth-order valence-electron chi connectivity index (χ4n) is 1.50. The Balaban J connectivity index is 1.71. The van der Waals surface area contributed by atoms with Crippen LogP contribution in [0.25, 0.3) is 10.6 Å². The number of rotatable bonds is 4. The molecule has 6 nitrogen and oxygen atoms in total. The van der Waals surface area contributed by atoms with E-state index in [-0.39, 0.29) is 5.69 Å². The number of nitrogens with zero attached hydrogens (tertiary/aromatic N) is 3. The van der Waals surface area contributed by atoms with Crippen LogP contribution < -0.4 is 5.69 Å². The predicted molar refractivity (Wildman–Crippen MR) is 73.2 cm³/mol. The van der Waals surface area contributed by atoms with Crippen LogP contribution >= 0.6 is 23.1 Å². The molecule has 1 N–H and O–H groups in total. The maximum Gasteiger partial charge on any atom is 0.343 e. The fourth-order valence-corrected chi connectivity index (χ4v) is 2.94. The summed E-state index contributed by atoms with van der Waals surface area (Å²) >= 11 is 3.01. The molecule has 0 aliphatic rings. The number of aromatic nitrogens is 4. The largest absolute Gasteiger partial charge is 0.439 e. The van der Waals surface area contributed by atoms with Crippen LogP contribution in [0.5, 0.6) is 0 Å². The van der Waals surface area contributed by atoms with E-state index in [0.29, 0.717) is 16.8 Å². The summed E-state index contributed by atoms with van der Waals surface area (Å²) in [6.45, 7) is 0. The predicted octanol–water partition coefficient (Wildman–Crippen LogP) is 2.12. The topological polar surface area (TPSA) is 76.7 Å². The third-order valence-electron chi connectivity index (χ3n) is 2.48. The van der Waals surface area contributed by atoms with Crippen molar-refractivity contribution in [1.82, 2.24) is 19.7 Å². The van der Waals surface area contributed by atoms with Crippen LogP contribution in [0.3, 0.4) is 0 Å². The molecule has 0 amide bonds. The number of hydrogen-bond donors (Lipinski definition) is 1. The molecular weight excluding hydrogens is 284 g/mol. The quantitative estimate of drug-likeness (QED) is 0.746. The van der Waals surface area contributed by atoms with Crippen LogP contribution in [0.4, 0.5) is 0 Å². The Labute approximate surface area is 116 Å². The molecule has 0 spiro atoms. The van der Waals surface area contributed by atoms with Gasteiger partial charge in [-0.1, -0.05) is 17.8 Å². The molecule has 0 saturated heterocycles. The van der Waals surface area contributed by atoms with E-state index in [1.807, 2.05) is 17.5 Å². The van der Waals surface area contributed by atoms with Gasteiger partial charge in [-0.3, -0.25) is 4.57 Å². The highest BCUT2D eigenvalue weighted by Crippen LogP contribution is 2.27. The molecule has 3 rings (SSSR count). The van der Waals surface area contributed by atoms with Crippen LogP contribution in [-0.2, 0) is 12.8 Å². The van der Waals surface area contributed by atoms with E-state index in [2.05, 4.69) is 15.2 Å². The van der Waals surface area contributed by atoms with Gasteiger partial charge in [-0.2, -0.15) is 0 Å². The molecule has 0 fully saturated rings. The molecule has 0 atom stereocenters. The van der Waals surface area contributed by atoms with Gasteiger partial charge in [0.25, 0.3) is 0 Å². The Bertz CT molecular complexity index is 726. The summed E-state index contributed by atoms with van der Waals surface area (Å²) in [6, 6.07) is 3.95. The van der Waals surface area contributed by atoms with Gasteiger partial charge in [-0.15, -0.1) is 16.4 Å². The molecule has 0 unspecified atom stereocenters. The molecule has 0 aliphatic carbocycles. The standard InChI is InChI=1S/C11H10N4O2S2/c1-15-10(16)13-14-11(15)19-6-9-12-5-7(17-9)8-3-2-4-18-8/h2-5H,6H2,1H3,(H,13,16). The van der Waals surface area contributed by atoms with E-state index in [1.54, 1.807) is 24.6 Å². The number of thioether (sulfide) groups is 1. The normalized spacial score (nSPS) is 11.0. The number of nitrogens with one attached hydrogen (secondary N) is 1. The zero-order valence-corrected chi connectivity index (χ0v) is 11.6. The number of aromatic amines is 1. The van der Waals surface area contributed by atoms with E-state index in [0.717, 1.165) is 10.6 Å². The van der Waals surface area contributed by atoms with E-state index in [9.17, 15) is 4.79 Å². The van der Waals surface area contributed by atoms with Gasteiger partial charge in [0, 0.05) is 7.05 Å². The third-order valence-corrected chi connectivity index (χ3v) is 4.38. The van der Waals surface area contributed by atoms with Crippen molar-refractivity contribution in [2.75, 3.05) is 0 Å². The molecule has 0 aromatic carbocycles. The van der Waals surface area contributed by atoms with Gasteiger partial charge in [0.15, 0.2) is 10.9 Å². The summed E-state index contributed by atoms with van der Waals surface area (Å²) < 4.78 is 7.10. The number of H-pyrrole nitrogens is 1. The Hall–Kier alpha value is -1.80. The van der Waals surface area contributed by atoms with Crippen molar-refractivity contribution < 1.29 is 4.42 Å². The van der Waals surface area contributed by atoms with Crippen LogP contribution in [0.1, 0.15) is 5.89 Å². The summed E-state index contributed by atoms with van der Waals surface area (Å²) in [7, 11) is 1.67. The molecule has 3 aromatic rings. The highest BCUT2D eigenvalue weighted by Gasteiger charge is 2.10. The lowest BCUT2D eigenvalue weighted by atomic mass is 10.4. The minimum atomic E-state index is -0.228. The van der Waals surface area contributed by atoms with Gasteiger partial charge >= 0.3 is 5.69 Å². The van der Waals surface area contributed by atoms with Crippen LogP contribution in [0.15, 0.2) is 38.1 Å². The zero-order valence-electron chi connectivity index (χ0n) is 9.99. The van der Waals surface area contributed by atoms with Gasteiger partial charge in [0.05, 0.1) is 16.8 Å². The molecule has 0 radical (unpaired) electrons. The molecule has 0 saturated carbocycles. The first kappa shape index (κ1) is 12.2. The molecule has 98 valence electrons. The van der Waals surface area contributed by atoms with Crippen molar-refractivity contribution in [1.29, 1.82) is 0 Å². The lowest BCUT2D eigenvalue weighted by Gasteiger charge is -1.96. The minimum absolute atomic E-state index is 0.228. The molecule has 3 heterocycles. The van der Waals surface area contributed by atoms with Crippen LogP contribution in [0, 0.1) is 0 Å². The van der Waals surface area contributed by atoms with Crippen molar-refractivity contribution in [2.24, 2.45) is 7.05 Å². The third kappa shape index (κ3) is 2.49. The molecule has 0 aliphatic heterocycles. The van der Waals surface area contributed by atoms with Crippen molar-refractivity contribution >= 4 is 23.1 Å². The maximum atomic E-state index is 11.2. The lowest BCUT2D eigenvalue weighted by molar-refractivity contribution is 0.530. The highest BCUT2D eigenvalue weighted by molar-refractivity contribution is 7.98. The minimum Gasteiger partial charge on any atom is -0.439 e. The highest BCUT2D eigenvalue weighted by atomic mass is 32.2. The average molecular weight is 294 g/mol. The molecule has 19 heavy (non-hydrogen) atoms. The van der Waals surface area contributed by atoms with Crippen molar-refractivity contribution in [3.05, 3.63) is 40.1 Å². The van der Waals surface area contributed by atoms with Gasteiger partial charge in [-0.25, -0.2) is 14.9 Å². The second-order valence-electron chi connectivity index (χ2n) is 3.75. The SMILES string of the molecule is Cn1c(SCc2ncc(-c3cccs3)o2)n[nH]c1=O. The molecular formula is C11H10N4O2S2. The van der Waals surface area contributed by atoms with E-state index < -0.39 is 0 Å².